The summed E-state index contributed by atoms with van der Waals surface area (Å²) in [6.45, 7) is 10.4. The highest BCUT2D eigenvalue weighted by molar-refractivity contribution is 5.39. The molecule has 0 saturated carbocycles. The lowest BCUT2D eigenvalue weighted by molar-refractivity contribution is 0.243. The lowest BCUT2D eigenvalue weighted by Gasteiger charge is -2.24. The summed E-state index contributed by atoms with van der Waals surface area (Å²) in [5, 5.41) is 0. The van der Waals surface area contributed by atoms with Gasteiger partial charge in [0.05, 0.1) is 0 Å². The van der Waals surface area contributed by atoms with Crippen LogP contribution in [0.25, 0.3) is 0 Å². The van der Waals surface area contributed by atoms with Crippen molar-refractivity contribution >= 4 is 5.69 Å². The van der Waals surface area contributed by atoms with Gasteiger partial charge in [-0.3, -0.25) is 4.90 Å². The molecule has 94 valence electrons. The van der Waals surface area contributed by atoms with E-state index in [-0.39, 0.29) is 0 Å². The normalized spacial score (nSPS) is 11.1. The summed E-state index contributed by atoms with van der Waals surface area (Å²) in [5.41, 5.74) is 7.86. The number of nitrogens with two attached hydrogens (primary N) is 1. The molecule has 0 fully saturated rings. The van der Waals surface area contributed by atoms with Crippen molar-refractivity contribution in [3.05, 3.63) is 42.5 Å². The number of hydrogen-bond donors (Lipinski definition) is 1. The summed E-state index contributed by atoms with van der Waals surface area (Å²) in [6.07, 6.45) is 4.26. The van der Waals surface area contributed by atoms with E-state index in [4.69, 9.17) is 5.73 Å². The third-order valence-electron chi connectivity index (χ3n) is 2.98. The monoisotopic (exact) mass is 232 g/mol. The quantitative estimate of drug-likeness (QED) is 0.578. The van der Waals surface area contributed by atoms with Gasteiger partial charge in [0.25, 0.3) is 0 Å². The highest BCUT2D eigenvalue weighted by atomic mass is 15.1. The van der Waals surface area contributed by atoms with E-state index < -0.39 is 0 Å². The number of aryl methyl sites for hydroxylation is 1. The summed E-state index contributed by atoms with van der Waals surface area (Å²) < 4.78 is 0. The smallest absolute Gasteiger partial charge is 0.0314 e. The first-order chi connectivity index (χ1) is 8.13. The minimum absolute atomic E-state index is 0.583. The fraction of sp³-hybridized carbons (Fsp3) is 0.467. The fourth-order valence-electron chi connectivity index (χ4n) is 1.90. The molecule has 0 saturated heterocycles. The molecule has 1 aromatic rings. The summed E-state index contributed by atoms with van der Waals surface area (Å²) in [6, 6.07) is 8.75. The molecule has 2 heteroatoms. The van der Waals surface area contributed by atoms with E-state index in [9.17, 15) is 0 Å². The van der Waals surface area contributed by atoms with Crippen LogP contribution in [0.3, 0.4) is 0 Å². The molecule has 0 atom stereocenters. The van der Waals surface area contributed by atoms with Crippen LogP contribution in [0.15, 0.2) is 36.9 Å². The molecule has 0 unspecified atom stereocenters. The number of hydrogen-bond acceptors (Lipinski definition) is 2. The molecule has 2 nitrogen and oxygen atoms in total. The summed E-state index contributed by atoms with van der Waals surface area (Å²) in [7, 11) is 0. The Kier molecular flexibility index (Phi) is 5.78. The van der Waals surface area contributed by atoms with Gasteiger partial charge in [-0.2, -0.15) is 0 Å². The maximum absolute atomic E-state index is 5.66. The first kappa shape index (κ1) is 13.8. The molecule has 0 aromatic heterocycles. The van der Waals surface area contributed by atoms with Crippen molar-refractivity contribution in [3.63, 3.8) is 0 Å². The molecular formula is C15H24N2. The zero-order valence-electron chi connectivity index (χ0n) is 11.0. The van der Waals surface area contributed by atoms with E-state index in [0.29, 0.717) is 6.04 Å². The van der Waals surface area contributed by atoms with Gasteiger partial charge < -0.3 is 5.73 Å². The van der Waals surface area contributed by atoms with Gasteiger partial charge in [0.1, 0.15) is 0 Å². The van der Waals surface area contributed by atoms with Crippen LogP contribution in [0.4, 0.5) is 5.69 Å². The van der Waals surface area contributed by atoms with E-state index in [1.807, 2.05) is 18.2 Å². The number of nitrogen functional groups attached to an aromatic ring is 1. The van der Waals surface area contributed by atoms with Gasteiger partial charge in [-0.15, -0.1) is 6.58 Å². The van der Waals surface area contributed by atoms with Crippen LogP contribution in [0, 0.1) is 0 Å². The van der Waals surface area contributed by atoms with Crippen molar-refractivity contribution in [2.45, 2.75) is 32.7 Å². The minimum atomic E-state index is 0.583. The minimum Gasteiger partial charge on any atom is -0.399 e. The summed E-state index contributed by atoms with van der Waals surface area (Å²) in [5.74, 6) is 0. The first-order valence-corrected chi connectivity index (χ1v) is 6.33. The second-order valence-corrected chi connectivity index (χ2v) is 4.72. The van der Waals surface area contributed by atoms with E-state index in [2.05, 4.69) is 37.5 Å². The van der Waals surface area contributed by atoms with Crippen LogP contribution < -0.4 is 5.73 Å². The fourth-order valence-corrected chi connectivity index (χ4v) is 1.90. The molecule has 17 heavy (non-hydrogen) atoms. The Labute approximate surface area is 105 Å². The Bertz CT molecular complexity index is 327. The highest BCUT2D eigenvalue weighted by Gasteiger charge is 2.06. The standard InChI is InChI=1S/C15H24N2/c1-4-11-17(13(2)3)12-5-6-14-7-9-15(16)10-8-14/h4,7-10,13H,1,5-6,11-12,16H2,2-3H3. The zero-order chi connectivity index (χ0) is 12.7. The molecule has 0 heterocycles. The average molecular weight is 232 g/mol. The van der Waals surface area contributed by atoms with Crippen molar-refractivity contribution in [1.82, 2.24) is 4.90 Å². The summed E-state index contributed by atoms with van der Waals surface area (Å²) in [4.78, 5) is 2.43. The highest BCUT2D eigenvalue weighted by Crippen LogP contribution is 2.09. The second-order valence-electron chi connectivity index (χ2n) is 4.72. The van der Waals surface area contributed by atoms with Gasteiger partial charge in [0.15, 0.2) is 0 Å². The number of rotatable bonds is 7. The first-order valence-electron chi connectivity index (χ1n) is 6.33. The Morgan fingerprint density at radius 3 is 2.47 bits per heavy atom. The number of nitrogens with zero attached hydrogens (tertiary/aromatic N) is 1. The van der Waals surface area contributed by atoms with E-state index in [0.717, 1.165) is 25.2 Å². The Morgan fingerprint density at radius 2 is 1.94 bits per heavy atom. The average Bonchev–Trinajstić information content (AvgIpc) is 2.30. The van der Waals surface area contributed by atoms with Crippen LogP contribution in [0.5, 0.6) is 0 Å². The molecule has 2 N–H and O–H groups in total. The van der Waals surface area contributed by atoms with Gasteiger partial charge in [0, 0.05) is 18.3 Å². The molecular weight excluding hydrogens is 208 g/mol. The predicted octanol–water partition coefficient (Wildman–Crippen LogP) is 3.10. The van der Waals surface area contributed by atoms with E-state index in [1.165, 1.54) is 12.0 Å². The maximum atomic E-state index is 5.66. The topological polar surface area (TPSA) is 29.3 Å². The molecule has 1 rings (SSSR count). The third-order valence-corrected chi connectivity index (χ3v) is 2.98. The van der Waals surface area contributed by atoms with Gasteiger partial charge >= 0.3 is 0 Å². The van der Waals surface area contributed by atoms with Gasteiger partial charge in [-0.1, -0.05) is 18.2 Å². The lowest BCUT2D eigenvalue weighted by Crippen LogP contribution is -2.32. The van der Waals surface area contributed by atoms with Crippen molar-refractivity contribution < 1.29 is 0 Å². The summed E-state index contributed by atoms with van der Waals surface area (Å²) >= 11 is 0. The lowest BCUT2D eigenvalue weighted by atomic mass is 10.1. The molecule has 0 aliphatic carbocycles. The Morgan fingerprint density at radius 1 is 1.29 bits per heavy atom. The van der Waals surface area contributed by atoms with Crippen LogP contribution in [0.1, 0.15) is 25.8 Å². The zero-order valence-corrected chi connectivity index (χ0v) is 11.0. The van der Waals surface area contributed by atoms with Gasteiger partial charge in [-0.25, -0.2) is 0 Å². The molecule has 0 aliphatic rings. The molecule has 0 bridgehead atoms. The number of anilines is 1. The largest absolute Gasteiger partial charge is 0.399 e. The Balaban J connectivity index is 2.35. The maximum Gasteiger partial charge on any atom is 0.0314 e. The van der Waals surface area contributed by atoms with Crippen LogP contribution in [-0.4, -0.2) is 24.0 Å². The van der Waals surface area contributed by atoms with Gasteiger partial charge in [0.2, 0.25) is 0 Å². The van der Waals surface area contributed by atoms with Crippen LogP contribution in [-0.2, 0) is 6.42 Å². The van der Waals surface area contributed by atoms with Crippen molar-refractivity contribution in [1.29, 1.82) is 0 Å². The van der Waals surface area contributed by atoms with Crippen molar-refractivity contribution in [2.75, 3.05) is 18.8 Å². The third kappa shape index (κ3) is 5.05. The van der Waals surface area contributed by atoms with E-state index >= 15 is 0 Å². The SMILES string of the molecule is C=CCN(CCCc1ccc(N)cc1)C(C)C. The molecule has 1 aromatic carbocycles. The second kappa shape index (κ2) is 7.13. The van der Waals surface area contributed by atoms with Crippen molar-refractivity contribution in [2.24, 2.45) is 0 Å². The van der Waals surface area contributed by atoms with Gasteiger partial charge in [-0.05, 0) is 50.9 Å². The Hall–Kier alpha value is -1.28. The molecule has 0 spiro atoms. The molecule has 0 radical (unpaired) electrons. The number of benzene rings is 1. The predicted molar refractivity (Wildman–Crippen MR) is 76.1 cm³/mol. The van der Waals surface area contributed by atoms with Crippen LogP contribution in [0.2, 0.25) is 0 Å². The van der Waals surface area contributed by atoms with Crippen LogP contribution >= 0.6 is 0 Å². The van der Waals surface area contributed by atoms with Crippen molar-refractivity contribution in [3.8, 4) is 0 Å². The molecule has 0 amide bonds. The van der Waals surface area contributed by atoms with E-state index in [1.54, 1.807) is 0 Å². The molecule has 0 aliphatic heterocycles.